The molecular weight excluding hydrogens is 416 g/mol. The summed E-state index contributed by atoms with van der Waals surface area (Å²) in [4.78, 5) is 31.8. The highest BCUT2D eigenvalue weighted by Gasteiger charge is 2.47. The van der Waals surface area contributed by atoms with Gasteiger partial charge in [0, 0.05) is 23.1 Å². The molecule has 2 aromatic carbocycles. The number of para-hydroxylation sites is 1. The van der Waals surface area contributed by atoms with E-state index in [-0.39, 0.29) is 11.3 Å². The number of aliphatic hydroxyl groups is 1. The molecule has 1 aliphatic rings. The van der Waals surface area contributed by atoms with Crippen LogP contribution in [-0.2, 0) is 9.59 Å². The van der Waals surface area contributed by atoms with E-state index in [1.54, 1.807) is 67.0 Å². The molecule has 0 aliphatic carbocycles. The summed E-state index contributed by atoms with van der Waals surface area (Å²) in [5.41, 5.74) is 2.19. The SMILES string of the molecule is COc1ccccc1/C(O)=C1\C(=O)C(=O)N(c2cc(Cl)ccc2C)C1c1ccncc1. The van der Waals surface area contributed by atoms with Crippen molar-refractivity contribution in [3.05, 3.63) is 94.3 Å². The average molecular weight is 435 g/mol. The maximum atomic E-state index is 13.2. The zero-order valence-electron chi connectivity index (χ0n) is 16.9. The Balaban J connectivity index is 2.00. The molecule has 1 aromatic heterocycles. The van der Waals surface area contributed by atoms with Crippen molar-refractivity contribution in [3.63, 3.8) is 0 Å². The number of methoxy groups -OCH3 is 1. The van der Waals surface area contributed by atoms with Crippen LogP contribution in [0.3, 0.4) is 0 Å². The number of aromatic nitrogens is 1. The molecule has 1 fully saturated rings. The molecule has 1 aliphatic heterocycles. The number of Topliss-reactive ketones (excluding diaryl/α,β-unsaturated/α-hetero) is 1. The lowest BCUT2D eigenvalue weighted by molar-refractivity contribution is -0.132. The average Bonchev–Trinajstić information content (AvgIpc) is 3.06. The number of carbonyl (C=O) groups is 2. The van der Waals surface area contributed by atoms with Gasteiger partial charge in [-0.2, -0.15) is 0 Å². The van der Waals surface area contributed by atoms with E-state index in [1.165, 1.54) is 12.0 Å². The summed E-state index contributed by atoms with van der Waals surface area (Å²) in [5.74, 6) is -1.45. The molecule has 1 amide bonds. The lowest BCUT2D eigenvalue weighted by atomic mass is 9.95. The largest absolute Gasteiger partial charge is 0.507 e. The number of aryl methyl sites for hydroxylation is 1. The number of benzene rings is 2. The van der Waals surface area contributed by atoms with Crippen molar-refractivity contribution in [2.24, 2.45) is 0 Å². The summed E-state index contributed by atoms with van der Waals surface area (Å²) < 4.78 is 5.34. The highest BCUT2D eigenvalue weighted by atomic mass is 35.5. The normalized spacial score (nSPS) is 17.8. The number of anilines is 1. The summed E-state index contributed by atoms with van der Waals surface area (Å²) in [6.07, 6.45) is 3.15. The summed E-state index contributed by atoms with van der Waals surface area (Å²) in [5, 5.41) is 11.6. The molecule has 1 N–H and O–H groups in total. The third-order valence-electron chi connectivity index (χ3n) is 5.26. The van der Waals surface area contributed by atoms with Gasteiger partial charge in [-0.05, 0) is 54.4 Å². The number of carbonyl (C=O) groups excluding carboxylic acids is 2. The maximum Gasteiger partial charge on any atom is 0.300 e. The number of rotatable bonds is 4. The van der Waals surface area contributed by atoms with Crippen LogP contribution in [0.25, 0.3) is 5.76 Å². The van der Waals surface area contributed by atoms with E-state index in [9.17, 15) is 14.7 Å². The number of ketones is 1. The Morgan fingerprint density at radius 2 is 1.81 bits per heavy atom. The fourth-order valence-corrected chi connectivity index (χ4v) is 3.94. The molecule has 2 heterocycles. The second-order valence-electron chi connectivity index (χ2n) is 7.08. The Morgan fingerprint density at radius 1 is 1.10 bits per heavy atom. The fraction of sp³-hybridized carbons (Fsp3) is 0.125. The summed E-state index contributed by atoms with van der Waals surface area (Å²) in [7, 11) is 1.47. The number of aliphatic hydroxyl groups excluding tert-OH is 1. The molecule has 156 valence electrons. The van der Waals surface area contributed by atoms with Gasteiger partial charge in [0.15, 0.2) is 0 Å². The third kappa shape index (κ3) is 3.55. The van der Waals surface area contributed by atoms with E-state index in [4.69, 9.17) is 16.3 Å². The second-order valence-corrected chi connectivity index (χ2v) is 7.52. The van der Waals surface area contributed by atoms with Crippen LogP contribution in [0.15, 0.2) is 72.6 Å². The van der Waals surface area contributed by atoms with Crippen LogP contribution >= 0.6 is 11.6 Å². The first-order valence-electron chi connectivity index (χ1n) is 9.54. The first-order valence-corrected chi connectivity index (χ1v) is 9.92. The van der Waals surface area contributed by atoms with E-state index in [2.05, 4.69) is 4.98 Å². The molecule has 6 nitrogen and oxygen atoms in total. The van der Waals surface area contributed by atoms with Crippen molar-refractivity contribution < 1.29 is 19.4 Å². The third-order valence-corrected chi connectivity index (χ3v) is 5.49. The van der Waals surface area contributed by atoms with Crippen LogP contribution in [0.2, 0.25) is 5.02 Å². The summed E-state index contributed by atoms with van der Waals surface area (Å²) in [6.45, 7) is 1.83. The van der Waals surface area contributed by atoms with Crippen molar-refractivity contribution in [2.45, 2.75) is 13.0 Å². The monoisotopic (exact) mass is 434 g/mol. The molecule has 1 atom stereocenters. The molecule has 1 unspecified atom stereocenters. The van der Waals surface area contributed by atoms with Gasteiger partial charge in [-0.15, -0.1) is 0 Å². The topological polar surface area (TPSA) is 79.7 Å². The zero-order valence-corrected chi connectivity index (χ0v) is 17.6. The van der Waals surface area contributed by atoms with Gasteiger partial charge < -0.3 is 9.84 Å². The highest BCUT2D eigenvalue weighted by Crippen LogP contribution is 2.44. The van der Waals surface area contributed by atoms with Gasteiger partial charge in [0.1, 0.15) is 11.5 Å². The van der Waals surface area contributed by atoms with Gasteiger partial charge >= 0.3 is 0 Å². The van der Waals surface area contributed by atoms with Crippen molar-refractivity contribution in [3.8, 4) is 5.75 Å². The first kappa shape index (κ1) is 20.6. The lowest BCUT2D eigenvalue weighted by Crippen LogP contribution is -2.30. The molecular formula is C24H19ClN2O4. The van der Waals surface area contributed by atoms with Gasteiger partial charge in [0.05, 0.1) is 24.3 Å². The van der Waals surface area contributed by atoms with Gasteiger partial charge in [0.25, 0.3) is 11.7 Å². The molecule has 3 aromatic rings. The van der Waals surface area contributed by atoms with Crippen molar-refractivity contribution in [1.29, 1.82) is 0 Å². The minimum absolute atomic E-state index is 0.0277. The number of hydrogen-bond acceptors (Lipinski definition) is 5. The second kappa shape index (κ2) is 8.24. The molecule has 7 heteroatoms. The Hall–Kier alpha value is -3.64. The molecule has 31 heavy (non-hydrogen) atoms. The van der Waals surface area contributed by atoms with Crippen LogP contribution in [0.5, 0.6) is 5.75 Å². The Morgan fingerprint density at radius 3 is 2.52 bits per heavy atom. The smallest absolute Gasteiger partial charge is 0.300 e. The molecule has 1 saturated heterocycles. The first-order chi connectivity index (χ1) is 14.9. The minimum atomic E-state index is -0.856. The van der Waals surface area contributed by atoms with Gasteiger partial charge in [-0.25, -0.2) is 0 Å². The van der Waals surface area contributed by atoms with E-state index >= 15 is 0 Å². The molecule has 0 spiro atoms. The number of nitrogens with zero attached hydrogens (tertiary/aromatic N) is 2. The minimum Gasteiger partial charge on any atom is -0.507 e. The lowest BCUT2D eigenvalue weighted by Gasteiger charge is -2.27. The van der Waals surface area contributed by atoms with Crippen molar-refractivity contribution >= 4 is 34.7 Å². The van der Waals surface area contributed by atoms with E-state index in [0.717, 1.165) is 5.56 Å². The van der Waals surface area contributed by atoms with Crippen LogP contribution in [-0.4, -0.2) is 28.9 Å². The highest BCUT2D eigenvalue weighted by molar-refractivity contribution is 6.52. The molecule has 4 rings (SSSR count). The standard InChI is InChI=1S/C24H19ClN2O4/c1-14-7-8-16(25)13-18(14)27-21(15-9-11-26-12-10-15)20(23(29)24(27)30)22(28)17-5-3-4-6-19(17)31-2/h3-13,21,28H,1-2H3/b22-20+. The summed E-state index contributed by atoms with van der Waals surface area (Å²) in [6, 6.07) is 14.5. The Labute approximate surface area is 184 Å². The zero-order chi connectivity index (χ0) is 22.1. The Kier molecular flexibility index (Phi) is 5.48. The van der Waals surface area contributed by atoms with Crippen molar-refractivity contribution in [2.75, 3.05) is 12.0 Å². The number of pyridine rings is 1. The number of halogens is 1. The van der Waals surface area contributed by atoms with Crippen molar-refractivity contribution in [1.82, 2.24) is 4.98 Å². The van der Waals surface area contributed by atoms with Gasteiger partial charge in [0.2, 0.25) is 0 Å². The van der Waals surface area contributed by atoms with Crippen LogP contribution in [0.1, 0.15) is 22.7 Å². The number of amides is 1. The van der Waals surface area contributed by atoms with Crippen LogP contribution in [0.4, 0.5) is 5.69 Å². The fourth-order valence-electron chi connectivity index (χ4n) is 3.77. The Bertz CT molecular complexity index is 1210. The van der Waals surface area contributed by atoms with Crippen LogP contribution in [0, 0.1) is 6.92 Å². The molecule has 0 saturated carbocycles. The van der Waals surface area contributed by atoms with Gasteiger partial charge in [-0.1, -0.05) is 29.8 Å². The van der Waals surface area contributed by atoms with E-state index in [0.29, 0.717) is 27.6 Å². The predicted molar refractivity (Wildman–Crippen MR) is 118 cm³/mol. The van der Waals surface area contributed by atoms with E-state index in [1.807, 2.05) is 6.92 Å². The summed E-state index contributed by atoms with van der Waals surface area (Å²) >= 11 is 6.20. The predicted octanol–water partition coefficient (Wildman–Crippen LogP) is 4.68. The van der Waals surface area contributed by atoms with E-state index < -0.39 is 17.7 Å². The van der Waals surface area contributed by atoms with Gasteiger partial charge in [-0.3, -0.25) is 19.5 Å². The molecule has 0 radical (unpaired) electrons. The van der Waals surface area contributed by atoms with Crippen LogP contribution < -0.4 is 9.64 Å². The maximum absolute atomic E-state index is 13.2. The molecule has 0 bridgehead atoms. The quantitative estimate of drug-likeness (QED) is 0.366. The number of ether oxygens (including phenoxy) is 1. The number of hydrogen-bond donors (Lipinski definition) is 1.